The fourth-order valence-corrected chi connectivity index (χ4v) is 4.65. The number of hydrogen-bond acceptors (Lipinski definition) is 3. The van der Waals surface area contributed by atoms with E-state index in [-0.39, 0.29) is 0 Å². The van der Waals surface area contributed by atoms with Crippen LogP contribution >= 0.6 is 15.9 Å². The summed E-state index contributed by atoms with van der Waals surface area (Å²) in [5, 5.41) is 11.6. The van der Waals surface area contributed by atoms with E-state index in [9.17, 15) is 0 Å². The second-order valence-electron chi connectivity index (χ2n) is 5.90. The number of hydrogen-bond donors (Lipinski definition) is 1. The summed E-state index contributed by atoms with van der Waals surface area (Å²) >= 11 is 3.51. The van der Waals surface area contributed by atoms with Crippen LogP contribution in [0.5, 0.6) is 0 Å². The van der Waals surface area contributed by atoms with Crippen molar-refractivity contribution in [2.45, 2.75) is 38.1 Å². The highest BCUT2D eigenvalue weighted by Gasteiger charge is 2.40. The van der Waals surface area contributed by atoms with Crippen LogP contribution in [0.25, 0.3) is 0 Å². The van der Waals surface area contributed by atoms with E-state index in [4.69, 9.17) is 0 Å². The third-order valence-electron chi connectivity index (χ3n) is 4.93. The highest BCUT2D eigenvalue weighted by molar-refractivity contribution is 9.10. The van der Waals surface area contributed by atoms with E-state index in [1.54, 1.807) is 0 Å². The van der Waals surface area contributed by atoms with Gasteiger partial charge in [-0.3, -0.25) is 0 Å². The minimum Gasteiger partial charge on any atom is -0.312 e. The molecule has 1 N–H and O–H groups in total. The molecular weight excluding hydrogens is 292 g/mol. The topological polar surface area (TPSA) is 42.7 Å². The van der Waals surface area contributed by atoms with Crippen LogP contribution in [0.1, 0.15) is 43.8 Å². The average Bonchev–Trinajstić information content (AvgIpc) is 3.04. The van der Waals surface area contributed by atoms with E-state index >= 15 is 0 Å². The van der Waals surface area contributed by atoms with Crippen LogP contribution in [-0.4, -0.2) is 22.0 Å². The van der Waals surface area contributed by atoms with Crippen molar-refractivity contribution in [3.05, 3.63) is 10.3 Å². The van der Waals surface area contributed by atoms with E-state index < -0.39 is 0 Å². The maximum Gasteiger partial charge on any atom is 0.153 e. The van der Waals surface area contributed by atoms with E-state index in [0.29, 0.717) is 6.04 Å². The first-order chi connectivity index (χ1) is 8.69. The molecule has 2 fully saturated rings. The lowest BCUT2D eigenvalue weighted by molar-refractivity contribution is 0.279. The first kappa shape index (κ1) is 12.6. The van der Waals surface area contributed by atoms with Crippen molar-refractivity contribution in [2.75, 3.05) is 7.05 Å². The van der Waals surface area contributed by atoms with Crippen LogP contribution < -0.4 is 5.32 Å². The number of fused-ring (bicyclic) bond motifs is 2. The molecule has 1 aromatic rings. The number of aryl methyl sites for hydroxylation is 1. The Labute approximate surface area is 117 Å². The van der Waals surface area contributed by atoms with Crippen LogP contribution in [0, 0.1) is 17.8 Å². The maximum absolute atomic E-state index is 4.10. The molecule has 0 aliphatic heterocycles. The summed E-state index contributed by atoms with van der Waals surface area (Å²) < 4.78 is 2.77. The molecule has 4 unspecified atom stereocenters. The van der Waals surface area contributed by atoms with Gasteiger partial charge in [0.15, 0.2) is 4.60 Å². The summed E-state index contributed by atoms with van der Waals surface area (Å²) in [5.74, 6) is 2.89. The van der Waals surface area contributed by atoms with E-state index in [0.717, 1.165) is 22.4 Å². The zero-order chi connectivity index (χ0) is 12.7. The first-order valence-electron chi connectivity index (χ1n) is 6.91. The second kappa shape index (κ2) is 4.93. The Morgan fingerprint density at radius 1 is 1.44 bits per heavy atom. The molecule has 4 nitrogen and oxygen atoms in total. The number of rotatable bonds is 4. The van der Waals surface area contributed by atoms with Crippen LogP contribution in [0.3, 0.4) is 0 Å². The second-order valence-corrected chi connectivity index (χ2v) is 6.65. The Kier molecular flexibility index (Phi) is 3.45. The lowest BCUT2D eigenvalue weighted by atomic mass is 9.83. The van der Waals surface area contributed by atoms with Gasteiger partial charge in [0.25, 0.3) is 0 Å². The number of halogens is 1. The van der Waals surface area contributed by atoms with Crippen molar-refractivity contribution in [2.24, 2.45) is 24.8 Å². The summed E-state index contributed by atoms with van der Waals surface area (Å²) in [7, 11) is 4.01. The van der Waals surface area contributed by atoms with Crippen LogP contribution in [0.15, 0.2) is 4.60 Å². The summed E-state index contributed by atoms with van der Waals surface area (Å²) in [6.07, 6.45) is 7.06. The minimum absolute atomic E-state index is 0.365. The number of nitrogens with one attached hydrogen (secondary N) is 1. The quantitative estimate of drug-likeness (QED) is 0.929. The highest BCUT2D eigenvalue weighted by atomic mass is 79.9. The molecule has 2 aliphatic carbocycles. The van der Waals surface area contributed by atoms with Gasteiger partial charge in [0.05, 0.1) is 11.7 Å². The van der Waals surface area contributed by atoms with E-state index in [1.807, 2.05) is 18.8 Å². The Hall–Kier alpha value is -0.420. The van der Waals surface area contributed by atoms with Crippen molar-refractivity contribution in [3.63, 3.8) is 0 Å². The van der Waals surface area contributed by atoms with E-state index in [1.165, 1.54) is 37.8 Å². The van der Waals surface area contributed by atoms with E-state index in [2.05, 4.69) is 31.6 Å². The van der Waals surface area contributed by atoms with Crippen LogP contribution in [0.2, 0.25) is 0 Å². The third-order valence-corrected chi connectivity index (χ3v) is 5.49. The highest BCUT2D eigenvalue weighted by Crippen LogP contribution is 2.51. The summed E-state index contributed by atoms with van der Waals surface area (Å²) in [5.41, 5.74) is 1.18. The van der Waals surface area contributed by atoms with Gasteiger partial charge in [0.1, 0.15) is 0 Å². The van der Waals surface area contributed by atoms with Gasteiger partial charge in [-0.15, -0.1) is 5.10 Å². The Morgan fingerprint density at radius 3 is 2.78 bits per heavy atom. The molecule has 0 aromatic carbocycles. The lowest BCUT2D eigenvalue weighted by Gasteiger charge is -2.26. The first-order valence-corrected chi connectivity index (χ1v) is 7.70. The molecule has 5 heteroatoms. The summed E-state index contributed by atoms with van der Waals surface area (Å²) in [4.78, 5) is 0. The predicted molar refractivity (Wildman–Crippen MR) is 74.1 cm³/mol. The zero-order valence-electron chi connectivity index (χ0n) is 11.1. The maximum atomic E-state index is 4.10. The predicted octanol–water partition coefficient (Wildman–Crippen LogP) is 2.66. The van der Waals surface area contributed by atoms with Crippen molar-refractivity contribution in [1.29, 1.82) is 0 Å². The summed E-state index contributed by atoms with van der Waals surface area (Å²) in [6, 6.07) is 0.365. The SMILES string of the molecule is CNC(CC1CC2CCC1C2)c1c(Br)nnn1C. The van der Waals surface area contributed by atoms with Gasteiger partial charge in [-0.05, 0) is 66.4 Å². The monoisotopic (exact) mass is 312 g/mol. The van der Waals surface area contributed by atoms with Crippen molar-refractivity contribution in [1.82, 2.24) is 20.3 Å². The summed E-state index contributed by atoms with van der Waals surface area (Å²) in [6.45, 7) is 0. The standard InChI is InChI=1S/C13H21BrN4/c1-15-11(12-13(14)16-17-18(12)2)7-10-6-8-3-4-9(10)5-8/h8-11,15H,3-7H2,1-2H3. The van der Waals surface area contributed by atoms with Crippen molar-refractivity contribution >= 4 is 15.9 Å². The normalized spacial score (nSPS) is 32.1. The molecule has 0 radical (unpaired) electrons. The molecule has 2 bridgehead atoms. The van der Waals surface area contributed by atoms with Crippen LogP contribution in [0.4, 0.5) is 0 Å². The number of aromatic nitrogens is 3. The van der Waals surface area contributed by atoms with Gasteiger partial charge in [-0.1, -0.05) is 11.6 Å². The molecule has 1 heterocycles. The molecule has 0 spiro atoms. The van der Waals surface area contributed by atoms with Gasteiger partial charge >= 0.3 is 0 Å². The van der Waals surface area contributed by atoms with Gasteiger partial charge in [-0.25, -0.2) is 4.68 Å². The van der Waals surface area contributed by atoms with Crippen molar-refractivity contribution in [3.8, 4) is 0 Å². The van der Waals surface area contributed by atoms with Gasteiger partial charge in [-0.2, -0.15) is 0 Å². The minimum atomic E-state index is 0.365. The third kappa shape index (κ3) is 2.11. The molecule has 0 amide bonds. The molecule has 2 aliphatic rings. The molecule has 2 saturated carbocycles. The fraction of sp³-hybridized carbons (Fsp3) is 0.846. The van der Waals surface area contributed by atoms with Gasteiger partial charge < -0.3 is 5.32 Å². The smallest absolute Gasteiger partial charge is 0.153 e. The molecule has 18 heavy (non-hydrogen) atoms. The number of nitrogens with zero attached hydrogens (tertiary/aromatic N) is 3. The van der Waals surface area contributed by atoms with Gasteiger partial charge in [0, 0.05) is 7.05 Å². The van der Waals surface area contributed by atoms with Gasteiger partial charge in [0.2, 0.25) is 0 Å². The Bertz CT molecular complexity index is 411. The molecule has 0 saturated heterocycles. The Morgan fingerprint density at radius 2 is 2.28 bits per heavy atom. The lowest BCUT2D eigenvalue weighted by Crippen LogP contribution is -2.24. The molecule has 4 atom stereocenters. The van der Waals surface area contributed by atoms with Crippen molar-refractivity contribution < 1.29 is 0 Å². The molecule has 100 valence electrons. The fourth-order valence-electron chi connectivity index (χ4n) is 4.04. The van der Waals surface area contributed by atoms with Crippen LogP contribution in [-0.2, 0) is 7.05 Å². The molecular formula is C13H21BrN4. The largest absolute Gasteiger partial charge is 0.312 e. The Balaban J connectivity index is 1.74. The molecule has 1 aromatic heterocycles. The zero-order valence-corrected chi connectivity index (χ0v) is 12.7. The average molecular weight is 313 g/mol. The molecule has 3 rings (SSSR count).